The molecule has 2 fully saturated rings. The molecule has 4 nitrogen and oxygen atoms in total. The second-order valence-corrected chi connectivity index (χ2v) is 5.86. The SMILES string of the molecule is O=C1COC(C2CCCNC2)CN1Cc1ccc(F)cc1. The van der Waals surface area contributed by atoms with Gasteiger partial charge in [-0.25, -0.2) is 4.39 Å². The average molecular weight is 292 g/mol. The molecule has 1 aromatic rings. The molecule has 2 saturated heterocycles. The topological polar surface area (TPSA) is 41.6 Å². The van der Waals surface area contributed by atoms with Crippen molar-refractivity contribution in [2.75, 3.05) is 26.2 Å². The average Bonchev–Trinajstić information content (AvgIpc) is 2.52. The van der Waals surface area contributed by atoms with E-state index in [1.165, 1.54) is 12.1 Å². The van der Waals surface area contributed by atoms with Crippen molar-refractivity contribution in [3.8, 4) is 0 Å². The summed E-state index contributed by atoms with van der Waals surface area (Å²) in [7, 11) is 0. The molecule has 1 aromatic carbocycles. The fourth-order valence-corrected chi connectivity index (χ4v) is 3.09. The number of ether oxygens (including phenoxy) is 1. The minimum atomic E-state index is -0.252. The quantitative estimate of drug-likeness (QED) is 0.919. The maximum atomic E-state index is 12.9. The maximum absolute atomic E-state index is 12.9. The van der Waals surface area contributed by atoms with Crippen LogP contribution in [0.15, 0.2) is 24.3 Å². The van der Waals surface area contributed by atoms with E-state index >= 15 is 0 Å². The molecule has 5 heteroatoms. The van der Waals surface area contributed by atoms with Crippen LogP contribution >= 0.6 is 0 Å². The third kappa shape index (κ3) is 3.60. The summed E-state index contributed by atoms with van der Waals surface area (Å²) in [6.45, 7) is 3.34. The molecule has 21 heavy (non-hydrogen) atoms. The number of rotatable bonds is 3. The van der Waals surface area contributed by atoms with Crippen LogP contribution in [0.25, 0.3) is 0 Å². The van der Waals surface area contributed by atoms with Crippen molar-refractivity contribution in [3.63, 3.8) is 0 Å². The number of halogens is 1. The van der Waals surface area contributed by atoms with Crippen LogP contribution in [0.5, 0.6) is 0 Å². The summed E-state index contributed by atoms with van der Waals surface area (Å²) >= 11 is 0. The van der Waals surface area contributed by atoms with Gasteiger partial charge in [-0.3, -0.25) is 4.79 Å². The molecular formula is C16H21FN2O2. The van der Waals surface area contributed by atoms with E-state index in [0.29, 0.717) is 19.0 Å². The zero-order valence-electron chi connectivity index (χ0n) is 12.1. The lowest BCUT2D eigenvalue weighted by molar-refractivity contribution is -0.153. The van der Waals surface area contributed by atoms with Gasteiger partial charge in [0.1, 0.15) is 12.4 Å². The van der Waals surface area contributed by atoms with Crippen molar-refractivity contribution < 1.29 is 13.9 Å². The normalized spacial score (nSPS) is 26.9. The minimum Gasteiger partial charge on any atom is -0.366 e. The molecule has 1 amide bonds. The second kappa shape index (κ2) is 6.54. The third-order valence-corrected chi connectivity index (χ3v) is 4.32. The number of amides is 1. The van der Waals surface area contributed by atoms with Gasteiger partial charge in [-0.05, 0) is 43.0 Å². The minimum absolute atomic E-state index is 0.0133. The summed E-state index contributed by atoms with van der Waals surface area (Å²) in [5, 5.41) is 3.39. The molecule has 1 N–H and O–H groups in total. The summed E-state index contributed by atoms with van der Waals surface area (Å²) in [4.78, 5) is 13.8. The Labute approximate surface area is 124 Å². The molecule has 3 rings (SSSR count). The van der Waals surface area contributed by atoms with Crippen LogP contribution in [-0.2, 0) is 16.1 Å². The lowest BCUT2D eigenvalue weighted by Crippen LogP contribution is -2.51. The molecule has 0 aromatic heterocycles. The highest BCUT2D eigenvalue weighted by Gasteiger charge is 2.32. The fraction of sp³-hybridized carbons (Fsp3) is 0.562. The number of carbonyl (C=O) groups is 1. The third-order valence-electron chi connectivity index (χ3n) is 4.32. The molecule has 2 heterocycles. The van der Waals surface area contributed by atoms with Crippen molar-refractivity contribution in [2.24, 2.45) is 5.92 Å². The summed E-state index contributed by atoms with van der Waals surface area (Å²) in [6, 6.07) is 6.33. The van der Waals surface area contributed by atoms with Gasteiger partial charge in [-0.2, -0.15) is 0 Å². The number of carbonyl (C=O) groups excluding carboxylic acids is 1. The van der Waals surface area contributed by atoms with Crippen molar-refractivity contribution >= 4 is 5.91 Å². The maximum Gasteiger partial charge on any atom is 0.248 e. The van der Waals surface area contributed by atoms with Gasteiger partial charge in [-0.15, -0.1) is 0 Å². The van der Waals surface area contributed by atoms with Gasteiger partial charge in [0.2, 0.25) is 5.91 Å². The Morgan fingerprint density at radius 2 is 2.14 bits per heavy atom. The molecular weight excluding hydrogens is 271 g/mol. The lowest BCUT2D eigenvalue weighted by Gasteiger charge is -2.38. The molecule has 0 radical (unpaired) electrons. The first-order valence-corrected chi connectivity index (χ1v) is 7.57. The number of nitrogens with zero attached hydrogens (tertiary/aromatic N) is 1. The predicted molar refractivity (Wildman–Crippen MR) is 77.2 cm³/mol. The fourth-order valence-electron chi connectivity index (χ4n) is 3.09. The molecule has 0 bridgehead atoms. The summed E-state index contributed by atoms with van der Waals surface area (Å²) in [5.74, 6) is 0.236. The lowest BCUT2D eigenvalue weighted by atomic mass is 9.92. The zero-order chi connectivity index (χ0) is 14.7. The van der Waals surface area contributed by atoms with Crippen molar-refractivity contribution in [3.05, 3.63) is 35.6 Å². The molecule has 2 aliphatic rings. The van der Waals surface area contributed by atoms with Gasteiger partial charge in [0.25, 0.3) is 0 Å². The van der Waals surface area contributed by atoms with Crippen molar-refractivity contribution in [1.29, 1.82) is 0 Å². The first kappa shape index (κ1) is 14.5. The summed E-state index contributed by atoms with van der Waals surface area (Å²) < 4.78 is 18.7. The van der Waals surface area contributed by atoms with Crippen LogP contribution in [-0.4, -0.2) is 43.2 Å². The molecule has 114 valence electrons. The summed E-state index contributed by atoms with van der Waals surface area (Å²) in [6.07, 6.45) is 2.42. The number of morpholine rings is 1. The molecule has 0 saturated carbocycles. The van der Waals surface area contributed by atoms with Crippen LogP contribution < -0.4 is 5.32 Å². The first-order valence-electron chi connectivity index (χ1n) is 7.57. The molecule has 2 unspecified atom stereocenters. The zero-order valence-corrected chi connectivity index (χ0v) is 12.1. The molecule has 0 aliphatic carbocycles. The molecule has 0 spiro atoms. The Bertz CT molecular complexity index is 486. The highest BCUT2D eigenvalue weighted by Crippen LogP contribution is 2.22. The van der Waals surface area contributed by atoms with Crippen molar-refractivity contribution in [1.82, 2.24) is 10.2 Å². The van der Waals surface area contributed by atoms with Gasteiger partial charge >= 0.3 is 0 Å². The smallest absolute Gasteiger partial charge is 0.248 e. The van der Waals surface area contributed by atoms with Crippen molar-refractivity contribution in [2.45, 2.75) is 25.5 Å². The number of nitrogens with one attached hydrogen (secondary N) is 1. The summed E-state index contributed by atoms with van der Waals surface area (Å²) in [5.41, 5.74) is 0.951. The van der Waals surface area contributed by atoms with E-state index in [2.05, 4.69) is 5.32 Å². The van der Waals surface area contributed by atoms with Crippen LogP contribution in [0.3, 0.4) is 0 Å². The van der Waals surface area contributed by atoms with E-state index in [4.69, 9.17) is 4.74 Å². The van der Waals surface area contributed by atoms with Gasteiger partial charge in [0, 0.05) is 19.6 Å². The van der Waals surface area contributed by atoms with Crippen LogP contribution in [0.1, 0.15) is 18.4 Å². The highest BCUT2D eigenvalue weighted by atomic mass is 19.1. The van der Waals surface area contributed by atoms with E-state index in [1.54, 1.807) is 12.1 Å². The molecule has 2 atom stereocenters. The second-order valence-electron chi connectivity index (χ2n) is 5.86. The molecule has 2 aliphatic heterocycles. The number of benzene rings is 1. The highest BCUT2D eigenvalue weighted by molar-refractivity contribution is 5.78. The van der Waals surface area contributed by atoms with Crippen LogP contribution in [0.4, 0.5) is 4.39 Å². The number of hydrogen-bond acceptors (Lipinski definition) is 3. The monoisotopic (exact) mass is 292 g/mol. The van der Waals surface area contributed by atoms with E-state index in [1.807, 2.05) is 4.90 Å². The predicted octanol–water partition coefficient (Wildman–Crippen LogP) is 1.55. The number of hydrogen-bond donors (Lipinski definition) is 1. The number of piperidine rings is 1. The van der Waals surface area contributed by atoms with E-state index in [9.17, 15) is 9.18 Å². The van der Waals surface area contributed by atoms with E-state index < -0.39 is 0 Å². The van der Waals surface area contributed by atoms with Crippen LogP contribution in [0, 0.1) is 11.7 Å². The van der Waals surface area contributed by atoms with E-state index in [0.717, 1.165) is 31.5 Å². The Balaban J connectivity index is 1.62. The van der Waals surface area contributed by atoms with Gasteiger partial charge in [-0.1, -0.05) is 12.1 Å². The standard InChI is InChI=1S/C16H21FN2O2/c17-14-5-3-12(4-6-14)9-19-10-15(21-11-16(19)20)13-2-1-7-18-8-13/h3-6,13,15,18H,1-2,7-11H2. The van der Waals surface area contributed by atoms with Gasteiger partial charge in [0.05, 0.1) is 6.10 Å². The largest absolute Gasteiger partial charge is 0.366 e. The Morgan fingerprint density at radius 1 is 1.33 bits per heavy atom. The Hall–Kier alpha value is -1.46. The van der Waals surface area contributed by atoms with E-state index in [-0.39, 0.29) is 24.4 Å². The first-order chi connectivity index (χ1) is 10.2. The van der Waals surface area contributed by atoms with Gasteiger partial charge < -0.3 is 15.0 Å². The Kier molecular flexibility index (Phi) is 4.51. The van der Waals surface area contributed by atoms with Gasteiger partial charge in [0.15, 0.2) is 0 Å². The Morgan fingerprint density at radius 3 is 2.86 bits per heavy atom. The van der Waals surface area contributed by atoms with Crippen LogP contribution in [0.2, 0.25) is 0 Å².